The van der Waals surface area contributed by atoms with E-state index in [1.54, 1.807) is 11.3 Å². The third-order valence-electron chi connectivity index (χ3n) is 4.35. The van der Waals surface area contributed by atoms with Gasteiger partial charge in [-0.25, -0.2) is 4.98 Å². The summed E-state index contributed by atoms with van der Waals surface area (Å²) in [6, 6.07) is 6.30. The Morgan fingerprint density at radius 2 is 2.19 bits per heavy atom. The SMILES string of the molecule is Cl.Nc1cccc2c1CCCN2Cc1scnc1C1CC1. The number of hydrogen-bond acceptors (Lipinski definition) is 4. The van der Waals surface area contributed by atoms with Gasteiger partial charge in [0, 0.05) is 28.7 Å². The van der Waals surface area contributed by atoms with Gasteiger partial charge in [-0.2, -0.15) is 0 Å². The van der Waals surface area contributed by atoms with Crippen LogP contribution in [0.3, 0.4) is 0 Å². The van der Waals surface area contributed by atoms with Gasteiger partial charge in [0.05, 0.1) is 17.7 Å². The summed E-state index contributed by atoms with van der Waals surface area (Å²) in [5.74, 6) is 0.737. The van der Waals surface area contributed by atoms with E-state index in [1.807, 2.05) is 11.6 Å². The van der Waals surface area contributed by atoms with Crippen LogP contribution >= 0.6 is 23.7 Å². The smallest absolute Gasteiger partial charge is 0.0798 e. The first-order valence-corrected chi connectivity index (χ1v) is 8.25. The second-order valence-electron chi connectivity index (χ2n) is 5.81. The topological polar surface area (TPSA) is 42.1 Å². The number of hydrogen-bond donors (Lipinski definition) is 1. The predicted octanol–water partition coefficient (Wildman–Crippen LogP) is 3.98. The maximum absolute atomic E-state index is 6.13. The Kier molecular flexibility index (Phi) is 4.09. The summed E-state index contributed by atoms with van der Waals surface area (Å²) in [5.41, 5.74) is 13.1. The lowest BCUT2D eigenvalue weighted by Gasteiger charge is -2.31. The van der Waals surface area contributed by atoms with E-state index in [9.17, 15) is 0 Å². The number of nitrogens with zero attached hydrogens (tertiary/aromatic N) is 2. The van der Waals surface area contributed by atoms with Crippen LogP contribution in [0.2, 0.25) is 0 Å². The van der Waals surface area contributed by atoms with Crippen molar-refractivity contribution in [3.05, 3.63) is 39.8 Å². The first kappa shape index (κ1) is 14.7. The zero-order valence-electron chi connectivity index (χ0n) is 11.9. The maximum atomic E-state index is 6.13. The van der Waals surface area contributed by atoms with Crippen LogP contribution in [0, 0.1) is 0 Å². The van der Waals surface area contributed by atoms with Gasteiger partial charge in [0.2, 0.25) is 0 Å². The van der Waals surface area contributed by atoms with Crippen molar-refractivity contribution in [3.8, 4) is 0 Å². The van der Waals surface area contributed by atoms with Crippen molar-refractivity contribution in [1.29, 1.82) is 0 Å². The molecule has 0 saturated heterocycles. The molecule has 0 bridgehead atoms. The van der Waals surface area contributed by atoms with Crippen molar-refractivity contribution in [2.75, 3.05) is 17.2 Å². The minimum absolute atomic E-state index is 0. The van der Waals surface area contributed by atoms with Gasteiger partial charge in [-0.1, -0.05) is 6.07 Å². The highest BCUT2D eigenvalue weighted by atomic mass is 35.5. The largest absolute Gasteiger partial charge is 0.398 e. The van der Waals surface area contributed by atoms with Crippen molar-refractivity contribution >= 4 is 35.1 Å². The third-order valence-corrected chi connectivity index (χ3v) is 5.19. The molecule has 3 nitrogen and oxygen atoms in total. The second-order valence-corrected chi connectivity index (χ2v) is 6.74. The summed E-state index contributed by atoms with van der Waals surface area (Å²) in [6.07, 6.45) is 4.94. The van der Waals surface area contributed by atoms with Crippen LogP contribution in [0.1, 0.15) is 41.3 Å². The van der Waals surface area contributed by atoms with Gasteiger partial charge in [0.15, 0.2) is 0 Å². The molecule has 0 atom stereocenters. The van der Waals surface area contributed by atoms with Crippen molar-refractivity contribution in [2.24, 2.45) is 0 Å². The molecule has 2 N–H and O–H groups in total. The van der Waals surface area contributed by atoms with Crippen LogP contribution in [0.25, 0.3) is 0 Å². The van der Waals surface area contributed by atoms with E-state index in [2.05, 4.69) is 22.0 Å². The Hall–Kier alpha value is -1.26. The Morgan fingerprint density at radius 1 is 1.33 bits per heavy atom. The minimum atomic E-state index is 0. The fraction of sp³-hybridized carbons (Fsp3) is 0.438. The van der Waals surface area contributed by atoms with Crippen molar-refractivity contribution in [2.45, 2.75) is 38.1 Å². The van der Waals surface area contributed by atoms with E-state index < -0.39 is 0 Å². The molecule has 0 unspecified atom stereocenters. The number of nitrogens with two attached hydrogens (primary N) is 1. The maximum Gasteiger partial charge on any atom is 0.0798 e. The summed E-state index contributed by atoms with van der Waals surface area (Å²) >= 11 is 1.81. The summed E-state index contributed by atoms with van der Waals surface area (Å²) in [4.78, 5) is 8.51. The number of fused-ring (bicyclic) bond motifs is 1. The molecule has 1 aromatic heterocycles. The van der Waals surface area contributed by atoms with Gasteiger partial charge < -0.3 is 10.6 Å². The van der Waals surface area contributed by atoms with Gasteiger partial charge in [-0.3, -0.25) is 0 Å². The molecule has 1 fully saturated rings. The molecule has 2 heterocycles. The third kappa shape index (κ3) is 2.74. The summed E-state index contributed by atoms with van der Waals surface area (Å²) in [7, 11) is 0. The molecule has 112 valence electrons. The van der Waals surface area contributed by atoms with Gasteiger partial charge in [0.25, 0.3) is 0 Å². The average Bonchev–Trinajstić information content (AvgIpc) is 3.20. The van der Waals surface area contributed by atoms with E-state index in [-0.39, 0.29) is 12.4 Å². The molecular formula is C16H20ClN3S. The molecule has 0 radical (unpaired) electrons. The van der Waals surface area contributed by atoms with E-state index in [0.717, 1.165) is 31.1 Å². The zero-order chi connectivity index (χ0) is 13.5. The van der Waals surface area contributed by atoms with Crippen molar-refractivity contribution in [3.63, 3.8) is 0 Å². The highest BCUT2D eigenvalue weighted by Crippen LogP contribution is 2.42. The molecule has 5 heteroatoms. The summed E-state index contributed by atoms with van der Waals surface area (Å²) in [5, 5.41) is 0. The van der Waals surface area contributed by atoms with E-state index >= 15 is 0 Å². The van der Waals surface area contributed by atoms with Gasteiger partial charge >= 0.3 is 0 Å². The average molecular weight is 322 g/mol. The van der Waals surface area contributed by atoms with Crippen LogP contribution in [0.5, 0.6) is 0 Å². The fourth-order valence-corrected chi connectivity index (χ4v) is 4.02. The number of rotatable bonds is 3. The second kappa shape index (κ2) is 5.85. The van der Waals surface area contributed by atoms with E-state index in [1.165, 1.54) is 41.1 Å². The summed E-state index contributed by atoms with van der Waals surface area (Å²) in [6.45, 7) is 2.12. The van der Waals surface area contributed by atoms with Crippen LogP contribution in [-0.4, -0.2) is 11.5 Å². The Balaban J connectivity index is 0.00000132. The van der Waals surface area contributed by atoms with Gasteiger partial charge in [-0.05, 0) is 43.4 Å². The molecule has 0 spiro atoms. The molecule has 21 heavy (non-hydrogen) atoms. The van der Waals surface area contributed by atoms with Crippen LogP contribution < -0.4 is 10.6 Å². The summed E-state index contributed by atoms with van der Waals surface area (Å²) < 4.78 is 0. The quantitative estimate of drug-likeness (QED) is 0.869. The normalized spacial score (nSPS) is 17.2. The number of halogens is 1. The van der Waals surface area contributed by atoms with Crippen LogP contribution in [-0.2, 0) is 13.0 Å². The Bertz CT molecular complexity index is 636. The number of nitrogen functional groups attached to an aromatic ring is 1. The lowest BCUT2D eigenvalue weighted by Crippen LogP contribution is -2.29. The Labute approximate surface area is 135 Å². The number of thiazole rings is 1. The molecule has 0 amide bonds. The lowest BCUT2D eigenvalue weighted by molar-refractivity contribution is 0.693. The Morgan fingerprint density at radius 3 is 3.00 bits per heavy atom. The molecular weight excluding hydrogens is 302 g/mol. The molecule has 1 aromatic carbocycles. The predicted molar refractivity (Wildman–Crippen MR) is 91.6 cm³/mol. The number of benzene rings is 1. The minimum Gasteiger partial charge on any atom is -0.398 e. The van der Waals surface area contributed by atoms with Crippen molar-refractivity contribution < 1.29 is 0 Å². The first-order chi connectivity index (χ1) is 9.83. The van der Waals surface area contributed by atoms with Gasteiger partial charge in [-0.15, -0.1) is 23.7 Å². The molecule has 4 rings (SSSR count). The van der Waals surface area contributed by atoms with Gasteiger partial charge in [0.1, 0.15) is 0 Å². The fourth-order valence-electron chi connectivity index (χ4n) is 3.15. The molecule has 1 aliphatic heterocycles. The first-order valence-electron chi connectivity index (χ1n) is 7.37. The highest BCUT2D eigenvalue weighted by molar-refractivity contribution is 7.09. The zero-order valence-corrected chi connectivity index (χ0v) is 13.6. The van der Waals surface area contributed by atoms with E-state index in [4.69, 9.17) is 5.73 Å². The molecule has 1 saturated carbocycles. The molecule has 2 aliphatic rings. The monoisotopic (exact) mass is 321 g/mol. The standard InChI is InChI=1S/C16H19N3S.ClH/c17-13-4-1-5-14-12(13)3-2-8-19(14)9-15-16(11-6-7-11)18-10-20-15;/h1,4-5,10-11H,2-3,6-9,17H2;1H. The number of aromatic nitrogens is 1. The van der Waals surface area contributed by atoms with Crippen LogP contribution in [0.15, 0.2) is 23.7 Å². The van der Waals surface area contributed by atoms with Crippen LogP contribution in [0.4, 0.5) is 11.4 Å². The van der Waals surface area contributed by atoms with E-state index in [0.29, 0.717) is 0 Å². The highest BCUT2D eigenvalue weighted by Gasteiger charge is 2.29. The molecule has 1 aliphatic carbocycles. The lowest BCUT2D eigenvalue weighted by atomic mass is 10.00. The van der Waals surface area contributed by atoms with Crippen molar-refractivity contribution in [1.82, 2.24) is 4.98 Å². The number of anilines is 2. The molecule has 2 aromatic rings.